The number of benzene rings is 1. The Morgan fingerprint density at radius 1 is 1.25 bits per heavy atom. The van der Waals surface area contributed by atoms with Crippen molar-refractivity contribution in [3.05, 3.63) is 46.8 Å². The van der Waals surface area contributed by atoms with Crippen molar-refractivity contribution >= 4 is 31.6 Å². The van der Waals surface area contributed by atoms with Crippen LogP contribution in [0.2, 0.25) is 0 Å². The first-order valence-corrected chi connectivity index (χ1v) is 8.25. The maximum atomic E-state index is 11.7. The molecule has 0 bridgehead atoms. The molecule has 1 atom stereocenters. The monoisotopic (exact) mass is 358 g/mol. The molecule has 0 aliphatic rings. The lowest BCUT2D eigenvalue weighted by Gasteiger charge is -2.13. The average molecular weight is 359 g/mol. The highest BCUT2D eigenvalue weighted by Gasteiger charge is 2.13. The SMILES string of the molecule is CNS(=O)(=O)c1cccc(NC(C)c2ccc(Br)o2)c1. The largest absolute Gasteiger partial charge is 0.452 e. The van der Waals surface area contributed by atoms with Crippen molar-refractivity contribution in [3.63, 3.8) is 0 Å². The topological polar surface area (TPSA) is 71.3 Å². The molecule has 0 spiro atoms. The van der Waals surface area contributed by atoms with Crippen LogP contribution >= 0.6 is 15.9 Å². The molecule has 0 radical (unpaired) electrons. The number of anilines is 1. The zero-order chi connectivity index (χ0) is 14.8. The highest BCUT2D eigenvalue weighted by molar-refractivity contribution is 9.10. The third-order valence-electron chi connectivity index (χ3n) is 2.82. The van der Waals surface area contributed by atoms with E-state index in [0.717, 1.165) is 5.76 Å². The van der Waals surface area contributed by atoms with Gasteiger partial charge in [0.25, 0.3) is 0 Å². The van der Waals surface area contributed by atoms with Gasteiger partial charge in [-0.1, -0.05) is 6.07 Å². The highest BCUT2D eigenvalue weighted by Crippen LogP contribution is 2.24. The number of furan rings is 1. The highest BCUT2D eigenvalue weighted by atomic mass is 79.9. The maximum Gasteiger partial charge on any atom is 0.240 e. The molecule has 1 unspecified atom stereocenters. The van der Waals surface area contributed by atoms with Crippen molar-refractivity contribution in [3.8, 4) is 0 Å². The molecule has 2 aromatic rings. The van der Waals surface area contributed by atoms with Gasteiger partial charge in [0.1, 0.15) is 5.76 Å². The summed E-state index contributed by atoms with van der Waals surface area (Å²) in [6.07, 6.45) is 0. The van der Waals surface area contributed by atoms with Crippen molar-refractivity contribution in [2.75, 3.05) is 12.4 Å². The molecule has 108 valence electrons. The molecule has 1 aromatic heterocycles. The van der Waals surface area contributed by atoms with E-state index in [2.05, 4.69) is 26.0 Å². The van der Waals surface area contributed by atoms with Gasteiger partial charge in [0.2, 0.25) is 10.0 Å². The molecule has 0 fully saturated rings. The van der Waals surface area contributed by atoms with Crippen LogP contribution in [0.5, 0.6) is 0 Å². The first-order valence-electron chi connectivity index (χ1n) is 5.98. The van der Waals surface area contributed by atoms with Gasteiger partial charge in [-0.3, -0.25) is 0 Å². The Morgan fingerprint density at radius 3 is 2.60 bits per heavy atom. The third kappa shape index (κ3) is 3.41. The summed E-state index contributed by atoms with van der Waals surface area (Å²) in [6.45, 7) is 1.94. The minimum absolute atomic E-state index is 0.0751. The number of halogens is 1. The molecule has 0 saturated carbocycles. The van der Waals surface area contributed by atoms with Crippen molar-refractivity contribution in [1.82, 2.24) is 4.72 Å². The molecule has 1 heterocycles. The lowest BCUT2D eigenvalue weighted by molar-refractivity contribution is 0.471. The van der Waals surface area contributed by atoms with Gasteiger partial charge in [-0.25, -0.2) is 13.1 Å². The number of nitrogens with one attached hydrogen (secondary N) is 2. The van der Waals surface area contributed by atoms with Gasteiger partial charge in [-0.2, -0.15) is 0 Å². The van der Waals surface area contributed by atoms with E-state index in [1.165, 1.54) is 7.05 Å². The quantitative estimate of drug-likeness (QED) is 0.861. The molecule has 1 aromatic carbocycles. The van der Waals surface area contributed by atoms with Gasteiger partial charge in [0.15, 0.2) is 4.67 Å². The first-order chi connectivity index (χ1) is 9.42. The molecule has 0 aliphatic carbocycles. The number of hydrogen-bond donors (Lipinski definition) is 2. The van der Waals surface area contributed by atoms with E-state index in [-0.39, 0.29) is 10.9 Å². The smallest absolute Gasteiger partial charge is 0.240 e. The molecular formula is C13H15BrN2O3S. The predicted molar refractivity (Wildman–Crippen MR) is 81.1 cm³/mol. The van der Waals surface area contributed by atoms with Gasteiger partial charge in [0.05, 0.1) is 10.9 Å². The maximum absolute atomic E-state index is 11.7. The van der Waals surface area contributed by atoms with Crippen molar-refractivity contribution < 1.29 is 12.8 Å². The van der Waals surface area contributed by atoms with Gasteiger partial charge in [0, 0.05) is 5.69 Å². The Morgan fingerprint density at radius 2 is 2.00 bits per heavy atom. The number of rotatable bonds is 5. The number of sulfonamides is 1. The van der Waals surface area contributed by atoms with Crippen LogP contribution in [0.15, 0.2) is 50.4 Å². The number of hydrogen-bond acceptors (Lipinski definition) is 4. The molecule has 5 nitrogen and oxygen atoms in total. The fourth-order valence-electron chi connectivity index (χ4n) is 1.75. The summed E-state index contributed by atoms with van der Waals surface area (Å²) in [5.74, 6) is 0.763. The van der Waals surface area contributed by atoms with Crippen LogP contribution < -0.4 is 10.0 Å². The Hall–Kier alpha value is -1.31. The molecule has 2 rings (SSSR count). The molecule has 0 aliphatic heterocycles. The van der Waals surface area contributed by atoms with Crippen LogP contribution in [-0.2, 0) is 10.0 Å². The van der Waals surface area contributed by atoms with Crippen LogP contribution in [0.4, 0.5) is 5.69 Å². The van der Waals surface area contributed by atoms with Gasteiger partial charge >= 0.3 is 0 Å². The molecule has 0 amide bonds. The van der Waals surface area contributed by atoms with Crippen LogP contribution in [0.3, 0.4) is 0 Å². The van der Waals surface area contributed by atoms with Crippen LogP contribution in [-0.4, -0.2) is 15.5 Å². The lowest BCUT2D eigenvalue weighted by atomic mass is 10.2. The molecular weight excluding hydrogens is 344 g/mol. The zero-order valence-corrected chi connectivity index (χ0v) is 13.5. The molecule has 20 heavy (non-hydrogen) atoms. The zero-order valence-electron chi connectivity index (χ0n) is 11.1. The van der Waals surface area contributed by atoms with Crippen LogP contribution in [0, 0.1) is 0 Å². The average Bonchev–Trinajstić information content (AvgIpc) is 2.86. The standard InChI is InChI=1S/C13H15BrN2O3S/c1-9(12-6-7-13(14)19-12)16-10-4-3-5-11(8-10)20(17,18)15-2/h3-9,15-16H,1-2H3. The molecule has 0 saturated heterocycles. The van der Waals surface area contributed by atoms with Crippen molar-refractivity contribution in [1.29, 1.82) is 0 Å². The van der Waals surface area contributed by atoms with Gasteiger partial charge in [-0.15, -0.1) is 0 Å². The molecule has 2 N–H and O–H groups in total. The minimum atomic E-state index is -3.44. The summed E-state index contributed by atoms with van der Waals surface area (Å²) in [4.78, 5) is 0.220. The summed E-state index contributed by atoms with van der Waals surface area (Å²) in [5.41, 5.74) is 0.710. The first kappa shape index (κ1) is 15.1. The Kier molecular flexibility index (Phi) is 4.52. The predicted octanol–water partition coefficient (Wildman–Crippen LogP) is 3.12. The van der Waals surface area contributed by atoms with Crippen molar-refractivity contribution in [2.45, 2.75) is 17.9 Å². The van der Waals surface area contributed by atoms with E-state index in [1.54, 1.807) is 18.2 Å². The lowest BCUT2D eigenvalue weighted by Crippen LogP contribution is -2.18. The van der Waals surface area contributed by atoms with Gasteiger partial charge < -0.3 is 9.73 Å². The van der Waals surface area contributed by atoms with Crippen LogP contribution in [0.25, 0.3) is 0 Å². The summed E-state index contributed by atoms with van der Waals surface area (Å²) in [5, 5.41) is 3.20. The summed E-state index contributed by atoms with van der Waals surface area (Å²) in [7, 11) is -2.05. The van der Waals surface area contributed by atoms with Gasteiger partial charge in [-0.05, 0) is 60.2 Å². The summed E-state index contributed by atoms with van der Waals surface area (Å²) < 4.78 is 31.9. The van der Waals surface area contributed by atoms with E-state index >= 15 is 0 Å². The Bertz CT molecular complexity index is 697. The van der Waals surface area contributed by atoms with E-state index in [0.29, 0.717) is 10.4 Å². The second-order valence-electron chi connectivity index (χ2n) is 4.24. The van der Waals surface area contributed by atoms with Crippen molar-refractivity contribution in [2.24, 2.45) is 0 Å². The van der Waals surface area contributed by atoms with Crippen LogP contribution in [0.1, 0.15) is 18.7 Å². The Labute approximate surface area is 126 Å². The van der Waals surface area contributed by atoms with E-state index in [4.69, 9.17) is 4.42 Å². The Balaban J connectivity index is 2.20. The normalized spacial score (nSPS) is 13.2. The van der Waals surface area contributed by atoms with E-state index in [9.17, 15) is 8.42 Å². The summed E-state index contributed by atoms with van der Waals surface area (Å²) in [6, 6.07) is 10.2. The minimum Gasteiger partial charge on any atom is -0.452 e. The van der Waals surface area contributed by atoms with E-state index < -0.39 is 10.0 Å². The fourth-order valence-corrected chi connectivity index (χ4v) is 2.85. The second kappa shape index (κ2) is 5.99. The third-order valence-corrected chi connectivity index (χ3v) is 4.66. The fraction of sp³-hybridized carbons (Fsp3) is 0.231. The molecule has 7 heteroatoms. The summed E-state index contributed by atoms with van der Waals surface area (Å²) >= 11 is 3.25. The second-order valence-corrected chi connectivity index (χ2v) is 6.91. The van der Waals surface area contributed by atoms with E-state index in [1.807, 2.05) is 25.1 Å².